The molecular weight excluding hydrogens is 352 g/mol. The van der Waals surface area contributed by atoms with Gasteiger partial charge in [-0.2, -0.15) is 0 Å². The number of rotatable bonds is 4. The fourth-order valence-corrected chi connectivity index (χ4v) is 2.52. The number of para-hydroxylation sites is 1. The summed E-state index contributed by atoms with van der Waals surface area (Å²) < 4.78 is 0. The molecule has 3 aromatic rings. The predicted molar refractivity (Wildman–Crippen MR) is 102 cm³/mol. The third kappa shape index (κ3) is 4.20. The van der Waals surface area contributed by atoms with Crippen LogP contribution in [0.3, 0.4) is 0 Å². The molecule has 0 bridgehead atoms. The lowest BCUT2D eigenvalue weighted by atomic mass is 10.1. The van der Waals surface area contributed by atoms with E-state index in [4.69, 9.17) is 11.6 Å². The van der Waals surface area contributed by atoms with E-state index in [0.29, 0.717) is 22.0 Å². The summed E-state index contributed by atoms with van der Waals surface area (Å²) in [5.74, 6) is -0.992. The van der Waals surface area contributed by atoms with Gasteiger partial charge in [0.25, 0.3) is 11.8 Å². The molecule has 6 heteroatoms. The zero-order chi connectivity index (χ0) is 18.5. The molecule has 3 aromatic carbocycles. The first-order chi connectivity index (χ1) is 12.5. The maximum Gasteiger partial charge on any atom is 0.259 e. The van der Waals surface area contributed by atoms with Gasteiger partial charge in [0.1, 0.15) is 5.75 Å². The molecule has 26 heavy (non-hydrogen) atoms. The highest BCUT2D eigenvalue weighted by atomic mass is 35.5. The van der Waals surface area contributed by atoms with Crippen molar-refractivity contribution in [1.29, 1.82) is 0 Å². The fraction of sp³-hybridized carbons (Fsp3) is 0. The highest BCUT2D eigenvalue weighted by molar-refractivity contribution is 6.31. The third-order valence-electron chi connectivity index (χ3n) is 3.62. The number of nitrogens with one attached hydrogen (secondary N) is 2. The minimum atomic E-state index is -0.523. The molecule has 0 aliphatic carbocycles. The van der Waals surface area contributed by atoms with Crippen molar-refractivity contribution >= 4 is 34.8 Å². The molecule has 0 atom stereocenters. The van der Waals surface area contributed by atoms with Crippen molar-refractivity contribution < 1.29 is 14.7 Å². The second-order valence-electron chi connectivity index (χ2n) is 5.52. The number of amides is 2. The van der Waals surface area contributed by atoms with Crippen molar-refractivity contribution in [3.05, 3.63) is 88.9 Å². The van der Waals surface area contributed by atoms with Crippen molar-refractivity contribution in [1.82, 2.24) is 0 Å². The number of anilines is 2. The SMILES string of the molecule is O=C(Nc1ccccc1)c1cccc(NC(=O)c2cc(Cl)ccc2O)c1. The van der Waals surface area contributed by atoms with E-state index in [2.05, 4.69) is 10.6 Å². The van der Waals surface area contributed by atoms with E-state index >= 15 is 0 Å². The van der Waals surface area contributed by atoms with Crippen LogP contribution in [0.1, 0.15) is 20.7 Å². The van der Waals surface area contributed by atoms with E-state index in [0.717, 1.165) is 0 Å². The van der Waals surface area contributed by atoms with Crippen LogP contribution in [0.5, 0.6) is 5.75 Å². The van der Waals surface area contributed by atoms with E-state index in [9.17, 15) is 14.7 Å². The standard InChI is InChI=1S/C20H15ClN2O3/c21-14-9-10-18(24)17(12-14)20(26)23-16-8-4-5-13(11-16)19(25)22-15-6-2-1-3-7-15/h1-12,24H,(H,22,25)(H,23,26). The van der Waals surface area contributed by atoms with Crippen LogP contribution in [0.15, 0.2) is 72.8 Å². The first-order valence-electron chi connectivity index (χ1n) is 7.79. The van der Waals surface area contributed by atoms with Crippen LogP contribution < -0.4 is 10.6 Å². The fourth-order valence-electron chi connectivity index (χ4n) is 2.35. The highest BCUT2D eigenvalue weighted by Gasteiger charge is 2.13. The molecule has 0 unspecified atom stereocenters. The summed E-state index contributed by atoms with van der Waals surface area (Å²) in [7, 11) is 0. The van der Waals surface area contributed by atoms with E-state index < -0.39 is 5.91 Å². The van der Waals surface area contributed by atoms with Gasteiger partial charge in [-0.3, -0.25) is 9.59 Å². The van der Waals surface area contributed by atoms with Gasteiger partial charge in [0, 0.05) is 22.0 Å². The molecule has 0 aromatic heterocycles. The first kappa shape index (κ1) is 17.5. The maximum atomic E-state index is 12.3. The van der Waals surface area contributed by atoms with Gasteiger partial charge >= 0.3 is 0 Å². The van der Waals surface area contributed by atoms with Crippen LogP contribution in [-0.2, 0) is 0 Å². The van der Waals surface area contributed by atoms with Gasteiger partial charge < -0.3 is 15.7 Å². The molecule has 3 rings (SSSR count). The van der Waals surface area contributed by atoms with Crippen LogP contribution in [0.25, 0.3) is 0 Å². The van der Waals surface area contributed by atoms with E-state index in [1.165, 1.54) is 18.2 Å². The summed E-state index contributed by atoms with van der Waals surface area (Å²) >= 11 is 5.86. The number of benzene rings is 3. The van der Waals surface area contributed by atoms with Gasteiger partial charge in [0.2, 0.25) is 0 Å². The van der Waals surface area contributed by atoms with Crippen molar-refractivity contribution in [2.75, 3.05) is 10.6 Å². The monoisotopic (exact) mass is 366 g/mol. The molecule has 5 nitrogen and oxygen atoms in total. The average molecular weight is 367 g/mol. The molecule has 0 spiro atoms. The lowest BCUT2D eigenvalue weighted by Gasteiger charge is -2.09. The number of phenols is 1. The Morgan fingerprint density at radius 2 is 1.46 bits per heavy atom. The van der Waals surface area contributed by atoms with E-state index in [-0.39, 0.29) is 17.2 Å². The molecule has 0 saturated carbocycles. The van der Waals surface area contributed by atoms with Gasteiger partial charge in [-0.15, -0.1) is 0 Å². The normalized spacial score (nSPS) is 10.2. The number of aromatic hydroxyl groups is 1. The van der Waals surface area contributed by atoms with Crippen LogP contribution in [-0.4, -0.2) is 16.9 Å². The summed E-state index contributed by atoms with van der Waals surface area (Å²) in [5, 5.41) is 15.6. The van der Waals surface area contributed by atoms with Crippen molar-refractivity contribution in [2.24, 2.45) is 0 Å². The van der Waals surface area contributed by atoms with Gasteiger partial charge in [-0.05, 0) is 48.5 Å². The molecular formula is C20H15ClN2O3. The van der Waals surface area contributed by atoms with E-state index in [1.807, 2.05) is 18.2 Å². The molecule has 0 radical (unpaired) electrons. The lowest BCUT2D eigenvalue weighted by molar-refractivity contribution is 0.101. The molecule has 0 aliphatic rings. The van der Waals surface area contributed by atoms with Crippen LogP contribution in [0.2, 0.25) is 5.02 Å². The molecule has 2 amide bonds. The van der Waals surface area contributed by atoms with Crippen molar-refractivity contribution in [3.63, 3.8) is 0 Å². The Kier molecular flexibility index (Phi) is 5.20. The highest BCUT2D eigenvalue weighted by Crippen LogP contribution is 2.23. The quantitative estimate of drug-likeness (QED) is 0.633. The summed E-state index contributed by atoms with van der Waals surface area (Å²) in [6, 6.07) is 19.8. The molecule has 3 N–H and O–H groups in total. The molecule has 0 fully saturated rings. The maximum absolute atomic E-state index is 12.3. The Bertz CT molecular complexity index is 958. The number of phenolic OH excluding ortho intramolecular Hbond substituents is 1. The minimum Gasteiger partial charge on any atom is -0.507 e. The Balaban J connectivity index is 1.76. The van der Waals surface area contributed by atoms with Gasteiger partial charge in [-0.1, -0.05) is 35.9 Å². The van der Waals surface area contributed by atoms with Gasteiger partial charge in [0.05, 0.1) is 5.56 Å². The summed E-state index contributed by atoms with van der Waals surface area (Å²) in [4.78, 5) is 24.7. The number of carbonyl (C=O) groups is 2. The third-order valence-corrected chi connectivity index (χ3v) is 3.85. The van der Waals surface area contributed by atoms with Gasteiger partial charge in [0.15, 0.2) is 0 Å². The summed E-state index contributed by atoms with van der Waals surface area (Å²) in [5.41, 5.74) is 1.55. The Labute approximate surface area is 155 Å². The summed E-state index contributed by atoms with van der Waals surface area (Å²) in [6.07, 6.45) is 0. The smallest absolute Gasteiger partial charge is 0.259 e. The molecule has 130 valence electrons. The zero-order valence-corrected chi connectivity index (χ0v) is 14.3. The van der Waals surface area contributed by atoms with E-state index in [1.54, 1.807) is 36.4 Å². The number of halogens is 1. The second kappa shape index (κ2) is 7.72. The molecule has 0 heterocycles. The number of hydrogen-bond acceptors (Lipinski definition) is 3. The minimum absolute atomic E-state index is 0.0524. The topological polar surface area (TPSA) is 78.4 Å². The van der Waals surface area contributed by atoms with Crippen molar-refractivity contribution in [3.8, 4) is 5.75 Å². The molecule has 0 aliphatic heterocycles. The van der Waals surface area contributed by atoms with Crippen LogP contribution in [0, 0.1) is 0 Å². The number of hydrogen-bond donors (Lipinski definition) is 3. The molecule has 0 saturated heterocycles. The summed E-state index contributed by atoms with van der Waals surface area (Å²) in [6.45, 7) is 0. The Morgan fingerprint density at radius 3 is 2.23 bits per heavy atom. The zero-order valence-electron chi connectivity index (χ0n) is 13.6. The second-order valence-corrected chi connectivity index (χ2v) is 5.95. The van der Waals surface area contributed by atoms with Crippen molar-refractivity contribution in [2.45, 2.75) is 0 Å². The first-order valence-corrected chi connectivity index (χ1v) is 8.17. The van der Waals surface area contributed by atoms with Crippen LogP contribution in [0.4, 0.5) is 11.4 Å². The lowest BCUT2D eigenvalue weighted by Crippen LogP contribution is -2.14. The van der Waals surface area contributed by atoms with Crippen LogP contribution >= 0.6 is 11.6 Å². The largest absolute Gasteiger partial charge is 0.507 e. The average Bonchev–Trinajstić information content (AvgIpc) is 2.64. The Hall–Kier alpha value is -3.31. The van der Waals surface area contributed by atoms with Gasteiger partial charge in [-0.25, -0.2) is 0 Å². The Morgan fingerprint density at radius 1 is 0.769 bits per heavy atom. The predicted octanol–water partition coefficient (Wildman–Crippen LogP) is 4.55. The number of carbonyl (C=O) groups excluding carboxylic acids is 2.